The third-order valence-corrected chi connectivity index (χ3v) is 2.67. The molecule has 0 unspecified atom stereocenters. The van der Waals surface area contributed by atoms with Crippen molar-refractivity contribution in [3.63, 3.8) is 0 Å². The van der Waals surface area contributed by atoms with Crippen LogP contribution in [-0.4, -0.2) is 17.1 Å². The van der Waals surface area contributed by atoms with Crippen LogP contribution in [0.25, 0.3) is 0 Å². The Morgan fingerprint density at radius 2 is 1.53 bits per heavy atom. The molecule has 0 aliphatic heterocycles. The highest BCUT2D eigenvalue weighted by Crippen LogP contribution is 2.11. The topological polar surface area (TPSA) is 20.2 Å². The first-order chi connectivity index (χ1) is 7.11. The van der Waals surface area contributed by atoms with Crippen LogP contribution in [0.1, 0.15) is 25.0 Å². The van der Waals surface area contributed by atoms with Gasteiger partial charge in [-0.3, -0.25) is 0 Å². The fourth-order valence-electron chi connectivity index (χ4n) is 1.61. The van der Waals surface area contributed by atoms with Gasteiger partial charge in [-0.05, 0) is 29.9 Å². The Bertz CT molecular complexity index is 279. The van der Waals surface area contributed by atoms with E-state index >= 15 is 0 Å². The molecule has 0 aliphatic rings. The fourth-order valence-corrected chi connectivity index (χ4v) is 1.72. The lowest BCUT2D eigenvalue weighted by molar-refractivity contribution is 0.199. The Balaban J connectivity index is 2.56. The minimum absolute atomic E-state index is 0.299. The molecule has 0 fully saturated rings. The fraction of sp³-hybridized carbons (Fsp3) is 0.538. The predicted octanol–water partition coefficient (Wildman–Crippen LogP) is 3.03. The standard InChI is InChI=1S/C13H19ClO/c1-10(2)7-11-3-5-12(6-4-11)8-13(15)9-14/h3-6,10,13,15H,7-9H2,1-2H3/t13-/m1/s1. The zero-order valence-electron chi connectivity index (χ0n) is 9.41. The van der Waals surface area contributed by atoms with Crippen LogP contribution in [0.4, 0.5) is 0 Å². The average molecular weight is 227 g/mol. The molecule has 0 aromatic heterocycles. The van der Waals surface area contributed by atoms with Crippen molar-refractivity contribution < 1.29 is 5.11 Å². The van der Waals surface area contributed by atoms with Gasteiger partial charge in [-0.2, -0.15) is 0 Å². The smallest absolute Gasteiger partial charge is 0.0715 e. The van der Waals surface area contributed by atoms with E-state index in [1.807, 2.05) is 0 Å². The molecule has 0 aliphatic carbocycles. The minimum Gasteiger partial charge on any atom is -0.392 e. The van der Waals surface area contributed by atoms with Gasteiger partial charge in [-0.25, -0.2) is 0 Å². The molecule has 15 heavy (non-hydrogen) atoms. The number of aliphatic hydroxyl groups is 1. The zero-order chi connectivity index (χ0) is 11.3. The van der Waals surface area contributed by atoms with Gasteiger partial charge in [-0.1, -0.05) is 38.1 Å². The summed E-state index contributed by atoms with van der Waals surface area (Å²) in [7, 11) is 0. The highest BCUT2D eigenvalue weighted by molar-refractivity contribution is 6.18. The summed E-state index contributed by atoms with van der Waals surface area (Å²) in [4.78, 5) is 0. The molecule has 1 rings (SSSR count). The molecule has 1 aromatic carbocycles. The lowest BCUT2D eigenvalue weighted by atomic mass is 10.0. The number of halogens is 1. The van der Waals surface area contributed by atoms with E-state index in [0.717, 1.165) is 12.0 Å². The summed E-state index contributed by atoms with van der Waals surface area (Å²) in [5.74, 6) is 0.984. The van der Waals surface area contributed by atoms with Gasteiger partial charge in [0.2, 0.25) is 0 Å². The molecule has 1 atom stereocenters. The number of benzene rings is 1. The van der Waals surface area contributed by atoms with Gasteiger partial charge in [0.1, 0.15) is 0 Å². The van der Waals surface area contributed by atoms with Crippen LogP contribution in [0.5, 0.6) is 0 Å². The number of aliphatic hydroxyl groups excluding tert-OH is 1. The summed E-state index contributed by atoms with van der Waals surface area (Å²) in [6.45, 7) is 4.43. The van der Waals surface area contributed by atoms with Crippen molar-refractivity contribution in [2.75, 3.05) is 5.88 Å². The van der Waals surface area contributed by atoms with Crippen LogP contribution < -0.4 is 0 Å². The van der Waals surface area contributed by atoms with Crippen LogP contribution in [-0.2, 0) is 12.8 Å². The second-order valence-electron chi connectivity index (χ2n) is 4.43. The van der Waals surface area contributed by atoms with Crippen molar-refractivity contribution in [3.8, 4) is 0 Å². The van der Waals surface area contributed by atoms with Crippen LogP contribution in [0.2, 0.25) is 0 Å². The van der Waals surface area contributed by atoms with E-state index in [-0.39, 0.29) is 0 Å². The second-order valence-corrected chi connectivity index (χ2v) is 4.74. The van der Waals surface area contributed by atoms with Gasteiger partial charge in [0.25, 0.3) is 0 Å². The molecule has 84 valence electrons. The van der Waals surface area contributed by atoms with Crippen LogP contribution in [0.3, 0.4) is 0 Å². The van der Waals surface area contributed by atoms with E-state index in [9.17, 15) is 5.11 Å². The van der Waals surface area contributed by atoms with E-state index in [4.69, 9.17) is 11.6 Å². The monoisotopic (exact) mass is 226 g/mol. The largest absolute Gasteiger partial charge is 0.392 e. The average Bonchev–Trinajstić information content (AvgIpc) is 2.20. The van der Waals surface area contributed by atoms with E-state index in [2.05, 4.69) is 38.1 Å². The van der Waals surface area contributed by atoms with Crippen molar-refractivity contribution in [1.29, 1.82) is 0 Å². The minimum atomic E-state index is -0.428. The molecular weight excluding hydrogens is 208 g/mol. The van der Waals surface area contributed by atoms with Gasteiger partial charge < -0.3 is 5.11 Å². The SMILES string of the molecule is CC(C)Cc1ccc(C[C@@H](O)CCl)cc1. The van der Waals surface area contributed by atoms with Crippen molar-refractivity contribution >= 4 is 11.6 Å². The Morgan fingerprint density at radius 1 is 1.07 bits per heavy atom. The van der Waals surface area contributed by atoms with E-state index in [1.165, 1.54) is 5.56 Å². The van der Waals surface area contributed by atoms with Crippen LogP contribution >= 0.6 is 11.6 Å². The third kappa shape index (κ3) is 4.67. The Morgan fingerprint density at radius 3 is 1.93 bits per heavy atom. The molecular formula is C13H19ClO. The second kappa shape index (κ2) is 6.14. The van der Waals surface area contributed by atoms with Crippen LogP contribution in [0.15, 0.2) is 24.3 Å². The van der Waals surface area contributed by atoms with Gasteiger partial charge in [0.05, 0.1) is 6.10 Å². The Kier molecular flexibility index (Phi) is 5.13. The quantitative estimate of drug-likeness (QED) is 0.766. The predicted molar refractivity (Wildman–Crippen MR) is 65.4 cm³/mol. The maximum Gasteiger partial charge on any atom is 0.0715 e. The first-order valence-electron chi connectivity index (χ1n) is 5.43. The normalized spacial score (nSPS) is 13.1. The summed E-state index contributed by atoms with van der Waals surface area (Å²) in [5.41, 5.74) is 2.50. The van der Waals surface area contributed by atoms with Gasteiger partial charge in [0.15, 0.2) is 0 Å². The Hall–Kier alpha value is -0.530. The van der Waals surface area contributed by atoms with Crippen molar-refractivity contribution in [1.82, 2.24) is 0 Å². The van der Waals surface area contributed by atoms with Gasteiger partial charge >= 0.3 is 0 Å². The van der Waals surface area contributed by atoms with Gasteiger partial charge in [0, 0.05) is 5.88 Å². The van der Waals surface area contributed by atoms with Gasteiger partial charge in [-0.15, -0.1) is 11.6 Å². The number of hydrogen-bond donors (Lipinski definition) is 1. The Labute approximate surface area is 97.1 Å². The molecule has 0 spiro atoms. The van der Waals surface area contributed by atoms with Crippen molar-refractivity contribution in [3.05, 3.63) is 35.4 Å². The summed E-state index contributed by atoms with van der Waals surface area (Å²) < 4.78 is 0. The van der Waals surface area contributed by atoms with E-state index in [1.54, 1.807) is 0 Å². The molecule has 1 aromatic rings. The summed E-state index contributed by atoms with van der Waals surface area (Å²) in [5, 5.41) is 9.39. The summed E-state index contributed by atoms with van der Waals surface area (Å²) in [6.07, 6.45) is 1.33. The first-order valence-corrected chi connectivity index (χ1v) is 5.97. The molecule has 1 nitrogen and oxygen atoms in total. The molecule has 0 radical (unpaired) electrons. The first kappa shape index (κ1) is 12.5. The number of rotatable bonds is 5. The lowest BCUT2D eigenvalue weighted by Crippen LogP contribution is -2.11. The molecule has 0 bridgehead atoms. The molecule has 0 saturated carbocycles. The number of alkyl halides is 1. The maximum absolute atomic E-state index is 9.39. The summed E-state index contributed by atoms with van der Waals surface area (Å²) in [6, 6.07) is 8.42. The lowest BCUT2D eigenvalue weighted by Gasteiger charge is -2.08. The van der Waals surface area contributed by atoms with Crippen molar-refractivity contribution in [2.24, 2.45) is 5.92 Å². The highest BCUT2D eigenvalue weighted by Gasteiger charge is 2.04. The maximum atomic E-state index is 9.39. The molecule has 0 heterocycles. The van der Waals surface area contributed by atoms with E-state index in [0.29, 0.717) is 18.2 Å². The molecule has 0 amide bonds. The highest BCUT2D eigenvalue weighted by atomic mass is 35.5. The molecule has 2 heteroatoms. The third-order valence-electron chi connectivity index (χ3n) is 2.32. The summed E-state index contributed by atoms with van der Waals surface area (Å²) >= 11 is 5.55. The number of hydrogen-bond acceptors (Lipinski definition) is 1. The van der Waals surface area contributed by atoms with E-state index < -0.39 is 6.10 Å². The van der Waals surface area contributed by atoms with Crippen molar-refractivity contribution in [2.45, 2.75) is 32.8 Å². The molecule has 0 saturated heterocycles. The van der Waals surface area contributed by atoms with Crippen LogP contribution in [0, 0.1) is 5.92 Å². The molecule has 1 N–H and O–H groups in total. The zero-order valence-corrected chi connectivity index (χ0v) is 10.2.